The van der Waals surface area contributed by atoms with Crippen molar-refractivity contribution in [3.05, 3.63) is 59.8 Å². The summed E-state index contributed by atoms with van der Waals surface area (Å²) in [6.45, 7) is 5.58. The zero-order valence-electron chi connectivity index (χ0n) is 18.0. The summed E-state index contributed by atoms with van der Waals surface area (Å²) < 4.78 is 13.1. The molecule has 0 atom stereocenters. The number of halogens is 1. The number of rotatable bonds is 6. The van der Waals surface area contributed by atoms with E-state index in [4.69, 9.17) is 0 Å². The maximum absolute atomic E-state index is 13.1. The molecule has 1 aliphatic rings. The Kier molecular flexibility index (Phi) is 6.50. The van der Waals surface area contributed by atoms with E-state index in [0.717, 1.165) is 26.2 Å². The van der Waals surface area contributed by atoms with Crippen LogP contribution in [0.15, 0.2) is 42.5 Å². The molecule has 0 saturated carbocycles. The summed E-state index contributed by atoms with van der Waals surface area (Å²) in [6, 6.07) is 10.6. The van der Waals surface area contributed by atoms with Crippen molar-refractivity contribution >= 4 is 29.3 Å². The smallest absolute Gasteiger partial charge is 0.274 e. The number of carbonyl (C=O) groups is 1. The van der Waals surface area contributed by atoms with Crippen molar-refractivity contribution in [2.45, 2.75) is 13.3 Å². The predicted octanol–water partition coefficient (Wildman–Crippen LogP) is 2.72. The molecule has 1 aromatic carbocycles. The summed E-state index contributed by atoms with van der Waals surface area (Å²) in [4.78, 5) is 34.9. The van der Waals surface area contributed by atoms with E-state index in [1.165, 1.54) is 24.3 Å². The molecule has 3 aromatic rings. The molecule has 0 radical (unpaired) electrons. The SMILES string of the molecule is CCc1nc(Nc2cccc(C(=O)Nc3ccc(F)cc3)n2)nc(N2CCN(C)CC2)n1. The Balaban J connectivity index is 1.50. The Morgan fingerprint density at radius 1 is 1.00 bits per heavy atom. The van der Waals surface area contributed by atoms with E-state index in [-0.39, 0.29) is 11.5 Å². The summed E-state index contributed by atoms with van der Waals surface area (Å²) >= 11 is 0. The standard InChI is InChI=1S/C22H25FN8O/c1-3-18-26-21(29-22(28-18)31-13-11-30(2)12-14-31)27-19-6-4-5-17(25-19)20(32)24-16-9-7-15(23)8-10-16/h4-10H,3,11-14H2,1-2H3,(H,24,32)(H,25,26,27,28,29). The molecular weight excluding hydrogens is 411 g/mol. The van der Waals surface area contributed by atoms with Gasteiger partial charge in [0.2, 0.25) is 11.9 Å². The molecule has 4 rings (SSSR count). The molecule has 9 nitrogen and oxygen atoms in total. The topological polar surface area (TPSA) is 99.2 Å². The first kappa shape index (κ1) is 21.6. The quantitative estimate of drug-likeness (QED) is 0.609. The fourth-order valence-corrected chi connectivity index (χ4v) is 3.24. The summed E-state index contributed by atoms with van der Waals surface area (Å²) in [5.41, 5.74) is 0.696. The average molecular weight is 436 g/mol. The fraction of sp³-hybridized carbons (Fsp3) is 0.318. The number of anilines is 4. The Morgan fingerprint density at radius 2 is 1.75 bits per heavy atom. The molecule has 0 bridgehead atoms. The number of nitrogens with zero attached hydrogens (tertiary/aromatic N) is 6. The van der Waals surface area contributed by atoms with Gasteiger partial charge in [-0.3, -0.25) is 4.79 Å². The third-order valence-corrected chi connectivity index (χ3v) is 5.10. The minimum absolute atomic E-state index is 0.211. The number of hydrogen-bond donors (Lipinski definition) is 2. The Bertz CT molecular complexity index is 1080. The van der Waals surface area contributed by atoms with E-state index in [2.05, 4.69) is 47.4 Å². The number of benzene rings is 1. The van der Waals surface area contributed by atoms with Crippen molar-refractivity contribution in [2.24, 2.45) is 0 Å². The van der Waals surface area contributed by atoms with Crippen LogP contribution in [0.3, 0.4) is 0 Å². The summed E-state index contributed by atoms with van der Waals surface area (Å²) in [5.74, 6) is 1.37. The maximum atomic E-state index is 13.1. The van der Waals surface area contributed by atoms with Gasteiger partial charge >= 0.3 is 0 Å². The van der Waals surface area contributed by atoms with Gasteiger partial charge in [-0.15, -0.1) is 0 Å². The van der Waals surface area contributed by atoms with E-state index in [1.807, 2.05) is 6.92 Å². The van der Waals surface area contributed by atoms with Crippen LogP contribution in [0.2, 0.25) is 0 Å². The molecule has 1 amide bonds. The molecule has 10 heteroatoms. The molecule has 166 valence electrons. The summed E-state index contributed by atoms with van der Waals surface area (Å²) in [5, 5.41) is 5.80. The van der Waals surface area contributed by atoms with E-state index >= 15 is 0 Å². The molecule has 32 heavy (non-hydrogen) atoms. The lowest BCUT2D eigenvalue weighted by molar-refractivity contribution is 0.102. The second kappa shape index (κ2) is 9.65. The highest BCUT2D eigenvalue weighted by Crippen LogP contribution is 2.17. The van der Waals surface area contributed by atoms with Gasteiger partial charge < -0.3 is 20.4 Å². The molecule has 1 aliphatic heterocycles. The van der Waals surface area contributed by atoms with Gasteiger partial charge in [0.05, 0.1) is 0 Å². The van der Waals surface area contributed by atoms with Gasteiger partial charge in [-0.2, -0.15) is 15.0 Å². The number of aromatic nitrogens is 4. The van der Waals surface area contributed by atoms with Crippen LogP contribution in [0.4, 0.5) is 27.8 Å². The molecule has 1 saturated heterocycles. The molecule has 0 unspecified atom stereocenters. The third-order valence-electron chi connectivity index (χ3n) is 5.10. The van der Waals surface area contributed by atoms with Crippen molar-refractivity contribution in [3.63, 3.8) is 0 Å². The first-order valence-corrected chi connectivity index (χ1v) is 10.5. The Labute approximate surface area is 185 Å². The molecule has 0 aliphatic carbocycles. The lowest BCUT2D eigenvalue weighted by atomic mass is 10.3. The number of piperazine rings is 1. The lowest BCUT2D eigenvalue weighted by Gasteiger charge is -2.32. The number of hydrogen-bond acceptors (Lipinski definition) is 8. The van der Waals surface area contributed by atoms with Crippen molar-refractivity contribution < 1.29 is 9.18 Å². The van der Waals surface area contributed by atoms with E-state index in [9.17, 15) is 9.18 Å². The summed E-state index contributed by atoms with van der Waals surface area (Å²) in [7, 11) is 2.10. The third kappa shape index (κ3) is 5.33. The van der Waals surface area contributed by atoms with Crippen LogP contribution < -0.4 is 15.5 Å². The van der Waals surface area contributed by atoms with Gasteiger partial charge in [0.1, 0.15) is 23.2 Å². The number of amides is 1. The summed E-state index contributed by atoms with van der Waals surface area (Å²) in [6.07, 6.45) is 0.672. The zero-order chi connectivity index (χ0) is 22.5. The largest absolute Gasteiger partial charge is 0.338 e. The van der Waals surface area contributed by atoms with E-state index in [1.54, 1.807) is 18.2 Å². The predicted molar refractivity (Wildman–Crippen MR) is 121 cm³/mol. The zero-order valence-corrected chi connectivity index (χ0v) is 18.0. The van der Waals surface area contributed by atoms with Gasteiger partial charge in [0, 0.05) is 38.3 Å². The fourth-order valence-electron chi connectivity index (χ4n) is 3.24. The van der Waals surface area contributed by atoms with Gasteiger partial charge in [-0.1, -0.05) is 13.0 Å². The molecule has 1 fully saturated rings. The second-order valence-corrected chi connectivity index (χ2v) is 7.51. The van der Waals surface area contributed by atoms with Crippen LogP contribution in [-0.2, 0) is 6.42 Å². The first-order chi connectivity index (χ1) is 15.5. The highest BCUT2D eigenvalue weighted by atomic mass is 19.1. The maximum Gasteiger partial charge on any atom is 0.274 e. The van der Waals surface area contributed by atoms with Crippen molar-refractivity contribution in [1.82, 2.24) is 24.8 Å². The second-order valence-electron chi connectivity index (χ2n) is 7.51. The van der Waals surface area contributed by atoms with E-state index in [0.29, 0.717) is 35.6 Å². The number of carbonyl (C=O) groups excluding carboxylic acids is 1. The average Bonchev–Trinajstić information content (AvgIpc) is 2.81. The number of aryl methyl sites for hydroxylation is 1. The Morgan fingerprint density at radius 3 is 2.47 bits per heavy atom. The molecule has 2 N–H and O–H groups in total. The first-order valence-electron chi connectivity index (χ1n) is 10.5. The van der Waals surface area contributed by atoms with Crippen LogP contribution in [0, 0.1) is 5.82 Å². The van der Waals surface area contributed by atoms with Crippen LogP contribution >= 0.6 is 0 Å². The van der Waals surface area contributed by atoms with E-state index < -0.39 is 5.91 Å². The molecule has 0 spiro atoms. The Hall–Kier alpha value is -3.66. The van der Waals surface area contributed by atoms with Crippen molar-refractivity contribution in [1.29, 1.82) is 0 Å². The van der Waals surface area contributed by atoms with Crippen LogP contribution in [0.5, 0.6) is 0 Å². The molecular formula is C22H25FN8O. The van der Waals surface area contributed by atoms with Gasteiger partial charge in [0.25, 0.3) is 5.91 Å². The van der Waals surface area contributed by atoms with Crippen molar-refractivity contribution in [3.8, 4) is 0 Å². The monoisotopic (exact) mass is 436 g/mol. The van der Waals surface area contributed by atoms with Crippen LogP contribution in [0.1, 0.15) is 23.2 Å². The highest BCUT2D eigenvalue weighted by molar-refractivity contribution is 6.03. The minimum atomic E-state index is -0.400. The van der Waals surface area contributed by atoms with Crippen molar-refractivity contribution in [2.75, 3.05) is 48.8 Å². The molecule has 3 heterocycles. The normalized spacial score (nSPS) is 14.3. The number of pyridine rings is 1. The van der Waals surface area contributed by atoms with Gasteiger partial charge in [0.15, 0.2) is 0 Å². The van der Waals surface area contributed by atoms with Gasteiger partial charge in [-0.25, -0.2) is 9.37 Å². The number of likely N-dealkylation sites (N-methyl/N-ethyl adjacent to an activating group) is 1. The molecule has 2 aromatic heterocycles. The number of nitrogens with one attached hydrogen (secondary N) is 2. The van der Waals surface area contributed by atoms with Gasteiger partial charge in [-0.05, 0) is 43.4 Å². The lowest BCUT2D eigenvalue weighted by Crippen LogP contribution is -2.45. The van der Waals surface area contributed by atoms with Crippen LogP contribution in [0.25, 0.3) is 0 Å². The van der Waals surface area contributed by atoms with Crippen LogP contribution in [-0.4, -0.2) is 64.0 Å². The minimum Gasteiger partial charge on any atom is -0.338 e. The highest BCUT2D eigenvalue weighted by Gasteiger charge is 2.18.